The molecule has 8 nitrogen and oxygen atoms in total. The second-order valence-electron chi connectivity index (χ2n) is 9.55. The summed E-state index contributed by atoms with van der Waals surface area (Å²) in [5.41, 5.74) is 1.29. The van der Waals surface area contributed by atoms with Crippen molar-refractivity contribution < 1.29 is 5.11 Å². The van der Waals surface area contributed by atoms with Crippen LogP contribution >= 0.6 is 0 Å². The van der Waals surface area contributed by atoms with E-state index in [-0.39, 0.29) is 6.10 Å². The third-order valence-corrected chi connectivity index (χ3v) is 6.80. The molecule has 0 radical (unpaired) electrons. The van der Waals surface area contributed by atoms with E-state index in [9.17, 15) is 5.11 Å². The van der Waals surface area contributed by atoms with E-state index in [0.717, 1.165) is 41.9 Å². The van der Waals surface area contributed by atoms with Crippen LogP contribution in [0.4, 0.5) is 23.4 Å². The molecule has 3 fully saturated rings. The van der Waals surface area contributed by atoms with Gasteiger partial charge < -0.3 is 20.2 Å². The van der Waals surface area contributed by atoms with Gasteiger partial charge in [-0.25, -0.2) is 15.0 Å². The molecule has 3 aliphatic rings. The van der Waals surface area contributed by atoms with E-state index in [1.165, 1.54) is 36.6 Å². The van der Waals surface area contributed by atoms with Gasteiger partial charge >= 0.3 is 0 Å². The monoisotopic (exact) mass is 431 g/mol. The molecular weight excluding hydrogens is 402 g/mol. The molecule has 8 heteroatoms. The number of nitrogens with one attached hydrogen (secondary N) is 1. The highest BCUT2D eigenvalue weighted by Gasteiger charge is 2.30. The molecule has 32 heavy (non-hydrogen) atoms. The Kier molecular flexibility index (Phi) is 4.82. The Labute approximate surface area is 187 Å². The highest BCUT2D eigenvalue weighted by molar-refractivity contribution is 5.96. The predicted molar refractivity (Wildman–Crippen MR) is 126 cm³/mol. The fraction of sp³-hybridized carbons (Fsp3) is 0.500. The lowest BCUT2D eigenvalue weighted by Crippen LogP contribution is -2.51. The zero-order chi connectivity index (χ0) is 21.7. The third-order valence-electron chi connectivity index (χ3n) is 6.80. The second-order valence-corrected chi connectivity index (χ2v) is 9.55. The molecule has 2 saturated heterocycles. The van der Waals surface area contributed by atoms with Crippen LogP contribution in [0.5, 0.6) is 0 Å². The average Bonchev–Trinajstić information content (AvgIpc) is 3.62. The summed E-state index contributed by atoms with van der Waals surface area (Å²) in [7, 11) is 0. The topological polar surface area (TPSA) is 90.3 Å². The first-order valence-corrected chi connectivity index (χ1v) is 11.7. The maximum absolute atomic E-state index is 9.73. The van der Waals surface area contributed by atoms with Crippen molar-refractivity contribution in [2.75, 3.05) is 41.3 Å². The normalized spacial score (nSPS) is 21.6. The first-order valence-electron chi connectivity index (χ1n) is 11.7. The predicted octanol–water partition coefficient (Wildman–Crippen LogP) is 3.46. The van der Waals surface area contributed by atoms with Crippen LogP contribution in [0, 0.1) is 5.92 Å². The van der Waals surface area contributed by atoms with E-state index >= 15 is 0 Å². The molecule has 2 aliphatic heterocycles. The smallest absolute Gasteiger partial charge is 0.227 e. The van der Waals surface area contributed by atoms with E-state index in [4.69, 9.17) is 9.97 Å². The molecule has 3 aromatic heterocycles. The van der Waals surface area contributed by atoms with Gasteiger partial charge in [-0.05, 0) is 60.6 Å². The molecule has 3 aromatic rings. The van der Waals surface area contributed by atoms with Gasteiger partial charge in [0.1, 0.15) is 17.5 Å². The fourth-order valence-electron chi connectivity index (χ4n) is 4.88. The third kappa shape index (κ3) is 3.72. The summed E-state index contributed by atoms with van der Waals surface area (Å²) in [6.45, 7) is 5.55. The molecular formula is C24H29N7O. The summed E-state index contributed by atoms with van der Waals surface area (Å²) in [5, 5.41) is 15.4. The SMILES string of the molecule is CC1CCCN(c2nccc(Nc3cc4c(C5CC5)cnc(N5CC(O)C5)c4cn3)n2)C1. The minimum atomic E-state index is -0.265. The minimum Gasteiger partial charge on any atom is -0.389 e. The number of nitrogens with zero attached hydrogens (tertiary/aromatic N) is 6. The number of anilines is 4. The number of fused-ring (bicyclic) bond motifs is 1. The van der Waals surface area contributed by atoms with Gasteiger partial charge in [-0.2, -0.15) is 4.98 Å². The van der Waals surface area contributed by atoms with Crippen LogP contribution < -0.4 is 15.1 Å². The number of rotatable bonds is 5. The molecule has 2 N–H and O–H groups in total. The molecule has 5 heterocycles. The number of pyridine rings is 2. The zero-order valence-electron chi connectivity index (χ0n) is 18.4. The van der Waals surface area contributed by atoms with Crippen LogP contribution in [0.1, 0.15) is 44.1 Å². The molecule has 1 saturated carbocycles. The first-order chi connectivity index (χ1) is 15.6. The lowest BCUT2D eigenvalue weighted by atomic mass is 10.0. The van der Waals surface area contributed by atoms with Crippen LogP contribution in [0.25, 0.3) is 10.8 Å². The van der Waals surface area contributed by atoms with Gasteiger partial charge in [0.05, 0.1) is 6.10 Å². The van der Waals surface area contributed by atoms with Crippen LogP contribution in [-0.4, -0.2) is 57.3 Å². The van der Waals surface area contributed by atoms with E-state index in [1.54, 1.807) is 0 Å². The average molecular weight is 432 g/mol. The highest BCUT2D eigenvalue weighted by Crippen LogP contribution is 2.44. The summed E-state index contributed by atoms with van der Waals surface area (Å²) >= 11 is 0. The van der Waals surface area contributed by atoms with E-state index < -0.39 is 0 Å². The lowest BCUT2D eigenvalue weighted by Gasteiger charge is -2.37. The summed E-state index contributed by atoms with van der Waals surface area (Å²) in [4.78, 5) is 23.1. The molecule has 0 bridgehead atoms. The fourth-order valence-corrected chi connectivity index (χ4v) is 4.88. The Balaban J connectivity index is 1.30. The summed E-state index contributed by atoms with van der Waals surface area (Å²) < 4.78 is 0. The Bertz CT molecular complexity index is 1140. The summed E-state index contributed by atoms with van der Waals surface area (Å²) in [5.74, 6) is 4.48. The molecule has 166 valence electrons. The molecule has 1 atom stereocenters. The van der Waals surface area contributed by atoms with Gasteiger partial charge in [0, 0.05) is 50.2 Å². The number of hydrogen-bond donors (Lipinski definition) is 2. The number of piperidine rings is 1. The Hall–Kier alpha value is -3.00. The molecule has 0 amide bonds. The Morgan fingerprint density at radius 2 is 1.84 bits per heavy atom. The van der Waals surface area contributed by atoms with Crippen LogP contribution in [-0.2, 0) is 0 Å². The van der Waals surface area contributed by atoms with Crippen molar-refractivity contribution in [2.45, 2.75) is 44.6 Å². The number of aliphatic hydroxyl groups is 1. The van der Waals surface area contributed by atoms with Crippen LogP contribution in [0.2, 0.25) is 0 Å². The van der Waals surface area contributed by atoms with Crippen LogP contribution in [0.15, 0.2) is 30.7 Å². The number of aromatic nitrogens is 4. The van der Waals surface area contributed by atoms with Crippen molar-refractivity contribution >= 4 is 34.2 Å². The molecule has 0 spiro atoms. The highest BCUT2D eigenvalue weighted by atomic mass is 16.3. The zero-order valence-corrected chi connectivity index (χ0v) is 18.4. The number of aliphatic hydroxyl groups excluding tert-OH is 1. The lowest BCUT2D eigenvalue weighted by molar-refractivity contribution is 0.141. The number of β-amino-alcohol motifs (C(OH)–C–C–N with tert-alkyl or cyclic N) is 1. The Morgan fingerprint density at radius 1 is 0.969 bits per heavy atom. The summed E-state index contributed by atoms with van der Waals surface area (Å²) in [6, 6.07) is 4.01. The molecule has 1 unspecified atom stereocenters. The Morgan fingerprint density at radius 3 is 2.62 bits per heavy atom. The van der Waals surface area contributed by atoms with E-state index in [2.05, 4.69) is 38.1 Å². The van der Waals surface area contributed by atoms with Crippen molar-refractivity contribution in [3.8, 4) is 0 Å². The standard InChI is InChI=1S/C24H29N7O/c1-15-3-2-8-30(12-15)24-25-7-6-21(29-24)28-22-9-18-19(16-4-5-16)10-27-23(20(18)11-26-22)31-13-17(32)14-31/h6-7,9-11,15-17,32H,2-5,8,12-14H2,1H3,(H,25,26,28,29). The number of hydrogen-bond acceptors (Lipinski definition) is 8. The van der Waals surface area contributed by atoms with Crippen molar-refractivity contribution in [1.29, 1.82) is 0 Å². The first kappa shape index (κ1) is 19.7. The van der Waals surface area contributed by atoms with Gasteiger partial charge in [0.2, 0.25) is 5.95 Å². The van der Waals surface area contributed by atoms with E-state index in [0.29, 0.717) is 24.9 Å². The second kappa shape index (κ2) is 7.85. The van der Waals surface area contributed by atoms with Crippen LogP contribution in [0.3, 0.4) is 0 Å². The molecule has 6 rings (SSSR count). The van der Waals surface area contributed by atoms with Crippen molar-refractivity contribution in [3.63, 3.8) is 0 Å². The van der Waals surface area contributed by atoms with E-state index in [1.807, 2.05) is 24.7 Å². The maximum atomic E-state index is 9.73. The van der Waals surface area contributed by atoms with Gasteiger partial charge in [-0.3, -0.25) is 0 Å². The quantitative estimate of drug-likeness (QED) is 0.635. The summed E-state index contributed by atoms with van der Waals surface area (Å²) in [6.07, 6.45) is 10.4. The maximum Gasteiger partial charge on any atom is 0.227 e. The van der Waals surface area contributed by atoms with Crippen molar-refractivity contribution in [2.24, 2.45) is 5.92 Å². The van der Waals surface area contributed by atoms with Gasteiger partial charge in [-0.1, -0.05) is 6.92 Å². The van der Waals surface area contributed by atoms with Crippen molar-refractivity contribution in [1.82, 2.24) is 19.9 Å². The van der Waals surface area contributed by atoms with Crippen molar-refractivity contribution in [3.05, 3.63) is 36.3 Å². The molecule has 1 aliphatic carbocycles. The van der Waals surface area contributed by atoms with Gasteiger partial charge in [0.25, 0.3) is 0 Å². The van der Waals surface area contributed by atoms with Gasteiger partial charge in [-0.15, -0.1) is 0 Å². The minimum absolute atomic E-state index is 0.265. The van der Waals surface area contributed by atoms with Gasteiger partial charge in [0.15, 0.2) is 0 Å². The largest absolute Gasteiger partial charge is 0.389 e. The molecule has 0 aromatic carbocycles.